The van der Waals surface area contributed by atoms with Crippen molar-refractivity contribution < 1.29 is 13.2 Å². The molecular formula is C13H12N6O3S2. The van der Waals surface area contributed by atoms with Crippen molar-refractivity contribution >= 4 is 33.0 Å². The number of hydrogen-bond acceptors (Lipinski definition) is 7. The van der Waals surface area contributed by atoms with Crippen LogP contribution in [0.4, 0.5) is 5.69 Å². The predicted molar refractivity (Wildman–Crippen MR) is 87.5 cm³/mol. The number of aromatic nitrogens is 4. The summed E-state index contributed by atoms with van der Waals surface area (Å²) >= 11 is 1.22. The van der Waals surface area contributed by atoms with Crippen LogP contribution >= 0.6 is 11.3 Å². The molecule has 3 rings (SSSR count). The third-order valence-corrected chi connectivity index (χ3v) is 5.15. The van der Waals surface area contributed by atoms with Gasteiger partial charge in [0, 0.05) is 5.69 Å². The van der Waals surface area contributed by atoms with Gasteiger partial charge in [0.2, 0.25) is 10.0 Å². The van der Waals surface area contributed by atoms with Crippen molar-refractivity contribution in [2.45, 2.75) is 11.8 Å². The SMILES string of the molecule is Cc1ccc(NC(=O)c2sccc2-n2cnnn2)cc1S(N)(=O)=O. The number of thiophene rings is 1. The minimum absolute atomic E-state index is 0.0350. The number of rotatable bonds is 4. The number of benzene rings is 1. The number of amides is 1. The number of hydrogen-bond donors (Lipinski definition) is 2. The van der Waals surface area contributed by atoms with Crippen LogP contribution in [-0.4, -0.2) is 34.5 Å². The Morgan fingerprint density at radius 2 is 2.12 bits per heavy atom. The van der Waals surface area contributed by atoms with Gasteiger partial charge in [-0.1, -0.05) is 6.07 Å². The van der Waals surface area contributed by atoms with E-state index in [9.17, 15) is 13.2 Å². The fourth-order valence-electron chi connectivity index (χ4n) is 2.10. The molecule has 0 aliphatic carbocycles. The highest BCUT2D eigenvalue weighted by atomic mass is 32.2. The fraction of sp³-hybridized carbons (Fsp3) is 0.0769. The van der Waals surface area contributed by atoms with Crippen molar-refractivity contribution in [3.05, 3.63) is 46.4 Å². The molecule has 0 saturated carbocycles. The number of sulfonamides is 1. The van der Waals surface area contributed by atoms with E-state index in [0.29, 0.717) is 21.8 Å². The highest BCUT2D eigenvalue weighted by molar-refractivity contribution is 7.89. The van der Waals surface area contributed by atoms with Gasteiger partial charge in [0.05, 0.1) is 10.6 Å². The van der Waals surface area contributed by atoms with Gasteiger partial charge in [-0.05, 0) is 46.5 Å². The molecule has 2 aromatic heterocycles. The van der Waals surface area contributed by atoms with Crippen molar-refractivity contribution in [1.82, 2.24) is 20.2 Å². The number of carbonyl (C=O) groups excluding carboxylic acids is 1. The summed E-state index contributed by atoms with van der Waals surface area (Å²) in [5.41, 5.74) is 1.35. The van der Waals surface area contributed by atoms with Crippen molar-refractivity contribution in [2.24, 2.45) is 5.14 Å². The first-order valence-electron chi connectivity index (χ1n) is 6.62. The van der Waals surface area contributed by atoms with Crippen LogP contribution in [0.2, 0.25) is 0 Å². The maximum absolute atomic E-state index is 12.5. The number of primary sulfonamides is 1. The summed E-state index contributed by atoms with van der Waals surface area (Å²) in [4.78, 5) is 12.8. The number of aryl methyl sites for hydroxylation is 1. The lowest BCUT2D eigenvalue weighted by atomic mass is 10.2. The van der Waals surface area contributed by atoms with Crippen LogP contribution in [0, 0.1) is 6.92 Å². The zero-order valence-electron chi connectivity index (χ0n) is 12.4. The molecule has 11 heteroatoms. The van der Waals surface area contributed by atoms with E-state index in [-0.39, 0.29) is 4.90 Å². The molecule has 0 spiro atoms. The van der Waals surface area contributed by atoms with Crippen molar-refractivity contribution in [1.29, 1.82) is 0 Å². The molecule has 1 amide bonds. The molecule has 0 aliphatic heterocycles. The second kappa shape index (κ2) is 6.11. The summed E-state index contributed by atoms with van der Waals surface area (Å²) in [6, 6.07) is 6.21. The Balaban J connectivity index is 1.91. The molecule has 9 nitrogen and oxygen atoms in total. The summed E-state index contributed by atoms with van der Waals surface area (Å²) in [6.07, 6.45) is 1.38. The van der Waals surface area contributed by atoms with E-state index in [0.717, 1.165) is 0 Å². The van der Waals surface area contributed by atoms with Gasteiger partial charge in [-0.2, -0.15) is 4.68 Å². The van der Waals surface area contributed by atoms with Crippen LogP contribution < -0.4 is 10.5 Å². The second-order valence-electron chi connectivity index (χ2n) is 4.87. The van der Waals surface area contributed by atoms with E-state index in [1.54, 1.807) is 30.5 Å². The molecule has 0 atom stereocenters. The van der Waals surface area contributed by atoms with Gasteiger partial charge in [0.1, 0.15) is 11.2 Å². The maximum atomic E-state index is 12.5. The van der Waals surface area contributed by atoms with Crippen LogP contribution in [0.25, 0.3) is 5.69 Å². The van der Waals surface area contributed by atoms with E-state index in [2.05, 4.69) is 20.8 Å². The Morgan fingerprint density at radius 3 is 2.79 bits per heavy atom. The summed E-state index contributed by atoms with van der Waals surface area (Å²) < 4.78 is 24.5. The average Bonchev–Trinajstić information content (AvgIpc) is 3.18. The van der Waals surface area contributed by atoms with Crippen molar-refractivity contribution in [3.63, 3.8) is 0 Å². The Hall–Kier alpha value is -2.63. The van der Waals surface area contributed by atoms with Gasteiger partial charge in [-0.25, -0.2) is 13.6 Å². The van der Waals surface area contributed by atoms with E-state index >= 15 is 0 Å². The molecule has 0 radical (unpaired) electrons. The molecule has 0 aliphatic rings. The topological polar surface area (TPSA) is 133 Å². The molecular weight excluding hydrogens is 352 g/mol. The Kier molecular flexibility index (Phi) is 4.13. The second-order valence-corrected chi connectivity index (χ2v) is 7.31. The van der Waals surface area contributed by atoms with E-state index in [1.807, 2.05) is 0 Å². The van der Waals surface area contributed by atoms with Crippen LogP contribution in [0.3, 0.4) is 0 Å². The van der Waals surface area contributed by atoms with Crippen LogP contribution in [0.15, 0.2) is 40.9 Å². The zero-order valence-corrected chi connectivity index (χ0v) is 14.0. The van der Waals surface area contributed by atoms with Crippen LogP contribution in [-0.2, 0) is 10.0 Å². The van der Waals surface area contributed by atoms with Gasteiger partial charge < -0.3 is 5.32 Å². The molecule has 3 aromatic rings. The highest BCUT2D eigenvalue weighted by Crippen LogP contribution is 2.23. The molecule has 0 bridgehead atoms. The number of carbonyl (C=O) groups is 1. The smallest absolute Gasteiger partial charge is 0.267 e. The number of nitrogens with two attached hydrogens (primary N) is 1. The third kappa shape index (κ3) is 3.18. The van der Waals surface area contributed by atoms with E-state index < -0.39 is 15.9 Å². The van der Waals surface area contributed by atoms with Gasteiger partial charge >= 0.3 is 0 Å². The fourth-order valence-corrected chi connectivity index (χ4v) is 3.68. The lowest BCUT2D eigenvalue weighted by Gasteiger charge is -2.09. The summed E-state index contributed by atoms with van der Waals surface area (Å²) in [7, 11) is -3.87. The van der Waals surface area contributed by atoms with Gasteiger partial charge in [0.25, 0.3) is 5.91 Å². The number of tetrazole rings is 1. The third-order valence-electron chi connectivity index (χ3n) is 3.20. The number of nitrogens with one attached hydrogen (secondary N) is 1. The summed E-state index contributed by atoms with van der Waals surface area (Å²) in [6.45, 7) is 1.63. The predicted octanol–water partition coefficient (Wildman–Crippen LogP) is 0.932. The Bertz CT molecular complexity index is 995. The number of nitrogens with zero attached hydrogens (tertiary/aromatic N) is 4. The molecule has 24 heavy (non-hydrogen) atoms. The minimum atomic E-state index is -3.87. The molecule has 0 fully saturated rings. The van der Waals surface area contributed by atoms with Crippen molar-refractivity contribution in [3.8, 4) is 5.69 Å². The lowest BCUT2D eigenvalue weighted by molar-refractivity contribution is 0.103. The van der Waals surface area contributed by atoms with E-state index in [4.69, 9.17) is 5.14 Å². The molecule has 1 aromatic carbocycles. The van der Waals surface area contributed by atoms with Gasteiger partial charge in [-0.15, -0.1) is 16.4 Å². The van der Waals surface area contributed by atoms with Crippen LogP contribution in [0.5, 0.6) is 0 Å². The highest BCUT2D eigenvalue weighted by Gasteiger charge is 2.17. The summed E-state index contributed by atoms with van der Waals surface area (Å²) in [5, 5.41) is 20.4. The normalized spacial score (nSPS) is 11.4. The van der Waals surface area contributed by atoms with E-state index in [1.165, 1.54) is 28.4 Å². The molecule has 0 unspecified atom stereocenters. The molecule has 3 N–H and O–H groups in total. The minimum Gasteiger partial charge on any atom is -0.321 e. The zero-order chi connectivity index (χ0) is 17.3. The first-order valence-corrected chi connectivity index (χ1v) is 9.04. The van der Waals surface area contributed by atoms with Gasteiger partial charge in [-0.3, -0.25) is 4.79 Å². The summed E-state index contributed by atoms with van der Waals surface area (Å²) in [5.74, 6) is -0.403. The quantitative estimate of drug-likeness (QED) is 0.707. The average molecular weight is 364 g/mol. The lowest BCUT2D eigenvalue weighted by Crippen LogP contribution is -2.16. The Morgan fingerprint density at radius 1 is 1.33 bits per heavy atom. The largest absolute Gasteiger partial charge is 0.321 e. The van der Waals surface area contributed by atoms with Gasteiger partial charge in [0.15, 0.2) is 0 Å². The monoisotopic (exact) mass is 364 g/mol. The van der Waals surface area contributed by atoms with Crippen LogP contribution in [0.1, 0.15) is 15.2 Å². The Labute approximate surface area is 141 Å². The standard InChI is InChI=1S/C13H12N6O3S2/c1-8-2-3-9(6-11(8)24(14,21)22)16-13(20)12-10(4-5-23-12)19-7-15-17-18-19/h2-7H,1H3,(H,16,20)(H2,14,21,22). The molecule has 124 valence electrons. The van der Waals surface area contributed by atoms with Crippen molar-refractivity contribution in [2.75, 3.05) is 5.32 Å². The molecule has 2 heterocycles. The number of anilines is 1. The first kappa shape index (κ1) is 16.2. The first-order chi connectivity index (χ1) is 11.4. The molecule has 0 saturated heterocycles. The maximum Gasteiger partial charge on any atom is 0.267 e.